The summed E-state index contributed by atoms with van der Waals surface area (Å²) < 4.78 is 14.4. The highest BCUT2D eigenvalue weighted by Gasteiger charge is 2.07. The standard InChI is InChI=1S/C13H11FN4/c1-2-18-13(12(9-15)16-17-18)8-5-10-3-6-11(14)7-4-10/h3-8H,2H2,1H3/b8-5+. The predicted octanol–water partition coefficient (Wildman–Crippen LogP) is 2.48. The fraction of sp³-hybridized carbons (Fsp3) is 0.154. The number of halogens is 1. The van der Waals surface area contributed by atoms with E-state index in [-0.39, 0.29) is 11.5 Å². The predicted molar refractivity (Wildman–Crippen MR) is 65.7 cm³/mol. The topological polar surface area (TPSA) is 54.5 Å². The van der Waals surface area contributed by atoms with Gasteiger partial charge in [-0.1, -0.05) is 23.4 Å². The molecule has 0 saturated heterocycles. The van der Waals surface area contributed by atoms with E-state index < -0.39 is 0 Å². The van der Waals surface area contributed by atoms with E-state index in [9.17, 15) is 4.39 Å². The van der Waals surface area contributed by atoms with Gasteiger partial charge >= 0.3 is 0 Å². The first-order valence-corrected chi connectivity index (χ1v) is 5.52. The monoisotopic (exact) mass is 242 g/mol. The zero-order chi connectivity index (χ0) is 13.0. The number of benzene rings is 1. The zero-order valence-corrected chi connectivity index (χ0v) is 9.84. The molecule has 1 heterocycles. The largest absolute Gasteiger partial charge is 0.244 e. The molecular formula is C13H11FN4. The first-order valence-electron chi connectivity index (χ1n) is 5.52. The molecule has 90 valence electrons. The molecule has 2 aromatic rings. The third-order valence-electron chi connectivity index (χ3n) is 2.48. The van der Waals surface area contributed by atoms with Crippen molar-refractivity contribution in [1.82, 2.24) is 15.0 Å². The number of hydrogen-bond acceptors (Lipinski definition) is 3. The van der Waals surface area contributed by atoms with Gasteiger partial charge in [0.1, 0.15) is 11.9 Å². The van der Waals surface area contributed by atoms with Crippen LogP contribution in [0.25, 0.3) is 12.2 Å². The SMILES string of the molecule is CCn1nnc(C#N)c1/C=C/c1ccc(F)cc1. The highest BCUT2D eigenvalue weighted by atomic mass is 19.1. The van der Waals surface area contributed by atoms with Gasteiger partial charge in [-0.05, 0) is 30.7 Å². The van der Waals surface area contributed by atoms with Crippen LogP contribution in [0.5, 0.6) is 0 Å². The van der Waals surface area contributed by atoms with Gasteiger partial charge in [0.25, 0.3) is 0 Å². The molecule has 1 aromatic heterocycles. The van der Waals surface area contributed by atoms with Gasteiger partial charge in [0.15, 0.2) is 5.69 Å². The summed E-state index contributed by atoms with van der Waals surface area (Å²) in [5.41, 5.74) is 1.80. The Morgan fingerprint density at radius 1 is 1.33 bits per heavy atom. The minimum absolute atomic E-state index is 0.273. The molecular weight excluding hydrogens is 231 g/mol. The number of nitriles is 1. The lowest BCUT2D eigenvalue weighted by atomic mass is 10.2. The van der Waals surface area contributed by atoms with Crippen LogP contribution in [0.3, 0.4) is 0 Å². The maximum atomic E-state index is 12.7. The molecule has 0 aliphatic rings. The molecule has 4 nitrogen and oxygen atoms in total. The van der Waals surface area contributed by atoms with Crippen LogP contribution in [0.4, 0.5) is 4.39 Å². The second-order valence-corrected chi connectivity index (χ2v) is 3.64. The van der Waals surface area contributed by atoms with Crippen molar-refractivity contribution in [2.75, 3.05) is 0 Å². The first kappa shape index (κ1) is 12.0. The van der Waals surface area contributed by atoms with Gasteiger partial charge in [-0.2, -0.15) is 5.26 Å². The van der Waals surface area contributed by atoms with Crippen LogP contribution in [0, 0.1) is 17.1 Å². The molecule has 0 aliphatic heterocycles. The summed E-state index contributed by atoms with van der Waals surface area (Å²) in [7, 11) is 0. The van der Waals surface area contributed by atoms with E-state index in [4.69, 9.17) is 5.26 Å². The van der Waals surface area contributed by atoms with E-state index in [0.29, 0.717) is 12.2 Å². The van der Waals surface area contributed by atoms with E-state index >= 15 is 0 Å². The van der Waals surface area contributed by atoms with Crippen LogP contribution < -0.4 is 0 Å². The number of rotatable bonds is 3. The van der Waals surface area contributed by atoms with Crippen molar-refractivity contribution in [3.8, 4) is 6.07 Å². The smallest absolute Gasteiger partial charge is 0.190 e. The summed E-state index contributed by atoms with van der Waals surface area (Å²) in [6.45, 7) is 2.56. The number of nitrogens with zero attached hydrogens (tertiary/aromatic N) is 4. The van der Waals surface area contributed by atoms with Gasteiger partial charge in [-0.3, -0.25) is 0 Å². The molecule has 1 aromatic carbocycles. The summed E-state index contributed by atoms with van der Waals surface area (Å²) >= 11 is 0. The van der Waals surface area contributed by atoms with E-state index in [1.165, 1.54) is 12.1 Å². The molecule has 0 atom stereocenters. The molecule has 0 radical (unpaired) electrons. The second kappa shape index (κ2) is 5.23. The van der Waals surface area contributed by atoms with E-state index in [0.717, 1.165) is 5.56 Å². The maximum Gasteiger partial charge on any atom is 0.190 e. The Morgan fingerprint density at radius 3 is 2.67 bits per heavy atom. The highest BCUT2D eigenvalue weighted by molar-refractivity contribution is 5.69. The Labute approximate surface area is 104 Å². The molecule has 2 rings (SSSR count). The van der Waals surface area contributed by atoms with E-state index in [1.807, 2.05) is 13.0 Å². The Balaban J connectivity index is 2.31. The van der Waals surface area contributed by atoms with Crippen molar-refractivity contribution in [3.05, 3.63) is 47.0 Å². The van der Waals surface area contributed by atoms with E-state index in [2.05, 4.69) is 10.3 Å². The van der Waals surface area contributed by atoms with Crippen molar-refractivity contribution in [3.63, 3.8) is 0 Å². The van der Waals surface area contributed by atoms with Crippen LogP contribution >= 0.6 is 0 Å². The van der Waals surface area contributed by atoms with Gasteiger partial charge in [-0.15, -0.1) is 5.10 Å². The number of aromatic nitrogens is 3. The molecule has 0 fully saturated rings. The quantitative estimate of drug-likeness (QED) is 0.830. The summed E-state index contributed by atoms with van der Waals surface area (Å²) in [4.78, 5) is 0. The zero-order valence-electron chi connectivity index (χ0n) is 9.84. The van der Waals surface area contributed by atoms with Crippen molar-refractivity contribution in [2.24, 2.45) is 0 Å². The van der Waals surface area contributed by atoms with Crippen molar-refractivity contribution < 1.29 is 4.39 Å². The molecule has 0 unspecified atom stereocenters. The van der Waals surface area contributed by atoms with E-state index in [1.54, 1.807) is 29.0 Å². The average Bonchev–Trinajstić information content (AvgIpc) is 2.80. The van der Waals surface area contributed by atoms with Crippen molar-refractivity contribution >= 4 is 12.2 Å². The second-order valence-electron chi connectivity index (χ2n) is 3.64. The third-order valence-corrected chi connectivity index (χ3v) is 2.48. The minimum atomic E-state index is -0.273. The Morgan fingerprint density at radius 2 is 2.06 bits per heavy atom. The van der Waals surface area contributed by atoms with Gasteiger partial charge in [-0.25, -0.2) is 9.07 Å². The number of aryl methyl sites for hydroxylation is 1. The van der Waals surface area contributed by atoms with Crippen LogP contribution in [-0.2, 0) is 6.54 Å². The first-order chi connectivity index (χ1) is 8.74. The molecule has 0 N–H and O–H groups in total. The van der Waals surface area contributed by atoms with Crippen LogP contribution in [0.1, 0.15) is 23.9 Å². The number of hydrogen-bond donors (Lipinski definition) is 0. The van der Waals surface area contributed by atoms with Gasteiger partial charge in [0.05, 0.1) is 5.69 Å². The van der Waals surface area contributed by atoms with Crippen molar-refractivity contribution in [2.45, 2.75) is 13.5 Å². The Hall–Kier alpha value is -2.48. The van der Waals surface area contributed by atoms with Crippen molar-refractivity contribution in [1.29, 1.82) is 5.26 Å². The Kier molecular flexibility index (Phi) is 3.49. The molecule has 18 heavy (non-hydrogen) atoms. The molecule has 5 heteroatoms. The maximum absolute atomic E-state index is 12.7. The highest BCUT2D eigenvalue weighted by Crippen LogP contribution is 2.11. The normalized spacial score (nSPS) is 10.7. The third kappa shape index (κ3) is 2.43. The molecule has 0 amide bonds. The Bertz CT molecular complexity index is 605. The lowest BCUT2D eigenvalue weighted by molar-refractivity contribution is 0.622. The fourth-order valence-electron chi connectivity index (χ4n) is 1.55. The minimum Gasteiger partial charge on any atom is -0.244 e. The summed E-state index contributed by atoms with van der Waals surface area (Å²) in [6, 6.07) is 8.10. The molecule has 0 aliphatic carbocycles. The van der Waals surface area contributed by atoms with Gasteiger partial charge in [0.2, 0.25) is 0 Å². The van der Waals surface area contributed by atoms with Gasteiger partial charge in [0, 0.05) is 6.54 Å². The molecule has 0 spiro atoms. The fourth-order valence-corrected chi connectivity index (χ4v) is 1.55. The summed E-state index contributed by atoms with van der Waals surface area (Å²) in [5, 5.41) is 16.5. The van der Waals surface area contributed by atoms with Gasteiger partial charge < -0.3 is 0 Å². The van der Waals surface area contributed by atoms with Crippen LogP contribution in [0.2, 0.25) is 0 Å². The average molecular weight is 242 g/mol. The molecule has 0 bridgehead atoms. The molecule has 0 saturated carbocycles. The summed E-state index contributed by atoms with van der Waals surface area (Å²) in [6.07, 6.45) is 3.56. The lowest BCUT2D eigenvalue weighted by Gasteiger charge is -1.97. The van der Waals surface area contributed by atoms with Crippen LogP contribution in [0.15, 0.2) is 24.3 Å². The summed E-state index contributed by atoms with van der Waals surface area (Å²) in [5.74, 6) is -0.273. The lowest BCUT2D eigenvalue weighted by Crippen LogP contribution is -1.99. The van der Waals surface area contributed by atoms with Crippen LogP contribution in [-0.4, -0.2) is 15.0 Å².